The van der Waals surface area contributed by atoms with Crippen LogP contribution in [0.2, 0.25) is 0 Å². The van der Waals surface area contributed by atoms with E-state index in [1.165, 1.54) is 0 Å². The van der Waals surface area contributed by atoms with Gasteiger partial charge in [-0.05, 0) is 51.3 Å². The number of hydrogen-bond acceptors (Lipinski definition) is 4. The lowest BCUT2D eigenvalue weighted by Gasteiger charge is -2.19. The van der Waals surface area contributed by atoms with Gasteiger partial charge in [-0.15, -0.1) is 11.3 Å². The number of rotatable bonds is 5. The second-order valence-electron chi connectivity index (χ2n) is 7.25. The fourth-order valence-corrected chi connectivity index (χ4v) is 5.27. The largest absolute Gasteiger partial charge is 0.454 e. The second-order valence-corrected chi connectivity index (χ2v) is 9.71. The Morgan fingerprint density at radius 1 is 1.07 bits per heavy atom. The lowest BCUT2D eigenvalue weighted by atomic mass is 10.2. The molecule has 0 atom stereocenters. The van der Waals surface area contributed by atoms with Crippen molar-refractivity contribution < 1.29 is 14.3 Å². The second kappa shape index (κ2) is 7.81. The summed E-state index contributed by atoms with van der Waals surface area (Å²) in [5.74, 6) is 1.50. The van der Waals surface area contributed by atoms with E-state index < -0.39 is 0 Å². The maximum absolute atomic E-state index is 13.4. The molecule has 1 amide bonds. The highest BCUT2D eigenvalue weighted by Crippen LogP contribution is 2.35. The number of nitrogens with zero attached hydrogens (tertiary/aromatic N) is 2. The number of amides is 1. The number of thiophene rings is 1. The average Bonchev–Trinajstić information content (AvgIpc) is 3.43. The number of halogens is 1. The predicted octanol–water partition coefficient (Wildman–Crippen LogP) is 5.51. The number of ether oxygens (including phenoxy) is 2. The van der Waals surface area contributed by atoms with E-state index in [4.69, 9.17) is 9.47 Å². The van der Waals surface area contributed by atoms with Gasteiger partial charge in [0.2, 0.25) is 6.79 Å². The highest BCUT2D eigenvalue weighted by atomic mass is 79.9. The maximum atomic E-state index is 13.4. The Morgan fingerprint density at radius 3 is 2.70 bits per heavy atom. The van der Waals surface area contributed by atoms with Crippen LogP contribution in [0.5, 0.6) is 11.5 Å². The van der Waals surface area contributed by atoms with E-state index in [1.54, 1.807) is 16.2 Å². The minimum atomic E-state index is -0.000816. The number of hydrogen-bond donors (Lipinski definition) is 0. The van der Waals surface area contributed by atoms with Crippen LogP contribution in [0.15, 0.2) is 64.5 Å². The fraction of sp³-hybridized carbons (Fsp3) is 0.174. The summed E-state index contributed by atoms with van der Waals surface area (Å²) in [6, 6.07) is 20.0. The van der Waals surface area contributed by atoms with Crippen molar-refractivity contribution in [2.45, 2.75) is 13.1 Å². The van der Waals surface area contributed by atoms with Crippen molar-refractivity contribution in [3.8, 4) is 11.5 Å². The molecule has 0 aliphatic carbocycles. The van der Waals surface area contributed by atoms with Crippen LogP contribution in [0, 0.1) is 0 Å². The zero-order valence-electron chi connectivity index (χ0n) is 16.3. The van der Waals surface area contributed by atoms with Gasteiger partial charge in [-0.1, -0.05) is 36.4 Å². The molecule has 4 aromatic rings. The van der Waals surface area contributed by atoms with Crippen LogP contribution in [0.25, 0.3) is 10.2 Å². The zero-order chi connectivity index (χ0) is 20.7. The van der Waals surface area contributed by atoms with E-state index in [0.29, 0.717) is 18.8 Å². The standard InChI is InChI=1S/C23H19BrN2O3S/c1-25(12-15-5-3-2-4-6-15)23(27)18-10-21-17(11-22(24)30-21)26(18)13-16-7-8-19-20(9-16)29-14-28-19/h2-11H,12-14H2,1H3. The van der Waals surface area contributed by atoms with E-state index in [-0.39, 0.29) is 12.7 Å². The first-order valence-electron chi connectivity index (χ1n) is 9.55. The smallest absolute Gasteiger partial charge is 0.270 e. The Labute approximate surface area is 186 Å². The highest BCUT2D eigenvalue weighted by Gasteiger charge is 2.22. The maximum Gasteiger partial charge on any atom is 0.270 e. The van der Waals surface area contributed by atoms with Crippen molar-refractivity contribution >= 4 is 43.4 Å². The van der Waals surface area contributed by atoms with Gasteiger partial charge < -0.3 is 18.9 Å². The molecule has 5 rings (SSSR count). The summed E-state index contributed by atoms with van der Waals surface area (Å²) in [5.41, 5.74) is 3.88. The van der Waals surface area contributed by atoms with Gasteiger partial charge in [0.05, 0.1) is 14.0 Å². The molecule has 2 aromatic carbocycles. The minimum absolute atomic E-state index is 0.000816. The molecule has 7 heteroatoms. The van der Waals surface area contributed by atoms with Crippen LogP contribution < -0.4 is 9.47 Å². The highest BCUT2D eigenvalue weighted by molar-refractivity contribution is 9.11. The van der Waals surface area contributed by atoms with Crippen LogP contribution >= 0.6 is 27.3 Å². The van der Waals surface area contributed by atoms with Crippen LogP contribution in [-0.2, 0) is 13.1 Å². The summed E-state index contributed by atoms with van der Waals surface area (Å²) in [7, 11) is 1.84. The number of benzene rings is 2. The molecule has 5 nitrogen and oxygen atoms in total. The van der Waals surface area contributed by atoms with Gasteiger partial charge in [0.25, 0.3) is 5.91 Å². The van der Waals surface area contributed by atoms with E-state index in [9.17, 15) is 4.79 Å². The van der Waals surface area contributed by atoms with Crippen molar-refractivity contribution in [2.24, 2.45) is 0 Å². The van der Waals surface area contributed by atoms with Gasteiger partial charge in [0, 0.05) is 20.1 Å². The third-order valence-corrected chi connectivity index (χ3v) is 6.74. The molecular formula is C23H19BrN2O3S. The summed E-state index contributed by atoms with van der Waals surface area (Å²) in [5, 5.41) is 0. The monoisotopic (exact) mass is 482 g/mol. The Hall–Kier alpha value is -2.77. The first-order chi connectivity index (χ1) is 14.6. The van der Waals surface area contributed by atoms with E-state index in [2.05, 4.69) is 26.6 Å². The van der Waals surface area contributed by atoms with Crippen molar-refractivity contribution in [3.05, 3.63) is 81.3 Å². The van der Waals surface area contributed by atoms with Crippen molar-refractivity contribution in [2.75, 3.05) is 13.8 Å². The molecule has 152 valence electrons. The number of carbonyl (C=O) groups excluding carboxylic acids is 1. The molecule has 0 N–H and O–H groups in total. The molecule has 0 fully saturated rings. The number of aromatic nitrogens is 1. The van der Waals surface area contributed by atoms with Gasteiger partial charge in [0.15, 0.2) is 11.5 Å². The SMILES string of the molecule is CN(Cc1ccccc1)C(=O)c1cc2sc(Br)cc2n1Cc1ccc2c(c1)OCO2. The Kier molecular flexibility index (Phi) is 5.00. The molecule has 1 aliphatic rings. The third-order valence-electron chi connectivity index (χ3n) is 5.17. The third kappa shape index (κ3) is 3.59. The quantitative estimate of drug-likeness (QED) is 0.376. The fourth-order valence-electron chi connectivity index (χ4n) is 3.71. The van der Waals surface area contributed by atoms with Crippen molar-refractivity contribution in [1.82, 2.24) is 9.47 Å². The van der Waals surface area contributed by atoms with Gasteiger partial charge in [-0.25, -0.2) is 0 Å². The molecule has 3 heterocycles. The van der Waals surface area contributed by atoms with Crippen molar-refractivity contribution in [3.63, 3.8) is 0 Å². The lowest BCUT2D eigenvalue weighted by molar-refractivity contribution is 0.0775. The first-order valence-corrected chi connectivity index (χ1v) is 11.2. The van der Waals surface area contributed by atoms with Crippen LogP contribution in [0.1, 0.15) is 21.6 Å². The zero-order valence-corrected chi connectivity index (χ0v) is 18.7. The van der Waals surface area contributed by atoms with Gasteiger partial charge in [-0.3, -0.25) is 4.79 Å². The van der Waals surface area contributed by atoms with Gasteiger partial charge in [0.1, 0.15) is 5.69 Å². The Morgan fingerprint density at radius 2 is 1.87 bits per heavy atom. The summed E-state index contributed by atoms with van der Waals surface area (Å²) in [4.78, 5) is 15.1. The van der Waals surface area contributed by atoms with Gasteiger partial charge >= 0.3 is 0 Å². The molecule has 1 aliphatic heterocycles. The normalized spacial score (nSPS) is 12.5. The van der Waals surface area contributed by atoms with E-state index in [1.807, 2.05) is 61.6 Å². The minimum Gasteiger partial charge on any atom is -0.454 e. The molecule has 0 radical (unpaired) electrons. The summed E-state index contributed by atoms with van der Waals surface area (Å²) in [6.45, 7) is 1.38. The summed E-state index contributed by atoms with van der Waals surface area (Å²) < 4.78 is 15.1. The molecule has 0 unspecified atom stereocenters. The van der Waals surface area contributed by atoms with E-state index in [0.717, 1.165) is 36.6 Å². The van der Waals surface area contributed by atoms with Crippen LogP contribution in [-0.4, -0.2) is 29.2 Å². The first kappa shape index (κ1) is 19.2. The Balaban J connectivity index is 1.49. The number of carbonyl (C=O) groups is 1. The summed E-state index contributed by atoms with van der Waals surface area (Å²) in [6.07, 6.45) is 0. The topological polar surface area (TPSA) is 43.7 Å². The number of fused-ring (bicyclic) bond motifs is 2. The molecule has 0 saturated heterocycles. The van der Waals surface area contributed by atoms with Crippen LogP contribution in [0.3, 0.4) is 0 Å². The molecule has 30 heavy (non-hydrogen) atoms. The molecule has 0 bridgehead atoms. The average molecular weight is 483 g/mol. The molecule has 2 aromatic heterocycles. The van der Waals surface area contributed by atoms with Crippen molar-refractivity contribution in [1.29, 1.82) is 0 Å². The summed E-state index contributed by atoms with van der Waals surface area (Å²) >= 11 is 5.20. The molecular weight excluding hydrogens is 464 g/mol. The molecule has 0 saturated carbocycles. The lowest BCUT2D eigenvalue weighted by Crippen LogP contribution is -2.28. The Bertz CT molecular complexity index is 1230. The molecule has 0 spiro atoms. The van der Waals surface area contributed by atoms with Gasteiger partial charge in [-0.2, -0.15) is 0 Å². The predicted molar refractivity (Wildman–Crippen MR) is 121 cm³/mol. The van der Waals surface area contributed by atoms with E-state index >= 15 is 0 Å². The van der Waals surface area contributed by atoms with Crippen LogP contribution in [0.4, 0.5) is 0 Å².